The number of benzene rings is 1. The fraction of sp³-hybridized carbons (Fsp3) is 0.455. The largest absolute Gasteiger partial charge is 0.368 e. The average Bonchev–Trinajstić information content (AvgIpc) is 2.17. The average molecular weight is 243 g/mol. The highest BCUT2D eigenvalue weighted by Crippen LogP contribution is 2.15. The molecule has 0 heterocycles. The first kappa shape index (κ1) is 13.0. The van der Waals surface area contributed by atoms with Gasteiger partial charge in [0.2, 0.25) is 0 Å². The zero-order valence-electron chi connectivity index (χ0n) is 9.50. The van der Waals surface area contributed by atoms with Crippen molar-refractivity contribution in [2.24, 2.45) is 0 Å². The summed E-state index contributed by atoms with van der Waals surface area (Å²) in [6.07, 6.45) is 0. The number of para-hydroxylation sites is 1. The molecular formula is C11H17NO3S. The summed E-state index contributed by atoms with van der Waals surface area (Å²) >= 11 is 0. The maximum Gasteiger partial charge on any atom is 0.266 e. The van der Waals surface area contributed by atoms with Gasteiger partial charge >= 0.3 is 0 Å². The third-order valence-electron chi connectivity index (χ3n) is 2.30. The van der Waals surface area contributed by atoms with Crippen molar-refractivity contribution in [3.8, 4) is 0 Å². The Labute approximate surface area is 96.6 Å². The zero-order valence-corrected chi connectivity index (χ0v) is 10.3. The summed E-state index contributed by atoms with van der Waals surface area (Å²) in [6.45, 7) is 4.26. The number of hydrogen-bond acceptors (Lipinski definition) is 3. The van der Waals surface area contributed by atoms with E-state index in [1.165, 1.54) is 0 Å². The van der Waals surface area contributed by atoms with Crippen LogP contribution in [0.15, 0.2) is 30.3 Å². The summed E-state index contributed by atoms with van der Waals surface area (Å²) in [5, 5.41) is 0. The molecule has 0 bridgehead atoms. The van der Waals surface area contributed by atoms with Crippen LogP contribution in [-0.4, -0.2) is 31.3 Å². The fourth-order valence-corrected chi connectivity index (χ4v) is 1.95. The van der Waals surface area contributed by atoms with Gasteiger partial charge in [-0.25, -0.2) is 0 Å². The van der Waals surface area contributed by atoms with Crippen molar-refractivity contribution in [2.75, 3.05) is 17.2 Å². The molecule has 0 saturated heterocycles. The molecule has 0 fully saturated rings. The summed E-state index contributed by atoms with van der Waals surface area (Å²) in [5.74, 6) is -0.250. The first-order valence-corrected chi connectivity index (χ1v) is 6.78. The maximum atomic E-state index is 10.7. The molecule has 0 aliphatic heterocycles. The van der Waals surface area contributed by atoms with E-state index >= 15 is 0 Å². The minimum atomic E-state index is -3.90. The summed E-state index contributed by atoms with van der Waals surface area (Å²) in [6, 6.07) is 9.74. The topological polar surface area (TPSA) is 57.6 Å². The monoisotopic (exact) mass is 243 g/mol. The van der Waals surface area contributed by atoms with Gasteiger partial charge in [0.05, 0.1) is 5.75 Å². The molecule has 1 rings (SSSR count). The lowest BCUT2D eigenvalue weighted by Crippen LogP contribution is -2.35. The van der Waals surface area contributed by atoms with E-state index in [9.17, 15) is 8.42 Å². The third kappa shape index (κ3) is 4.20. The Morgan fingerprint density at radius 1 is 1.25 bits per heavy atom. The summed E-state index contributed by atoms with van der Waals surface area (Å²) < 4.78 is 30.2. The van der Waals surface area contributed by atoms with Crippen LogP contribution in [0.25, 0.3) is 0 Å². The van der Waals surface area contributed by atoms with E-state index in [1.54, 1.807) is 0 Å². The molecule has 0 radical (unpaired) electrons. The minimum absolute atomic E-state index is 0.184. The highest BCUT2D eigenvalue weighted by atomic mass is 32.2. The van der Waals surface area contributed by atoms with Crippen molar-refractivity contribution in [1.29, 1.82) is 0 Å². The van der Waals surface area contributed by atoms with Crippen LogP contribution < -0.4 is 4.90 Å². The normalized spacial score (nSPS) is 11.8. The summed E-state index contributed by atoms with van der Waals surface area (Å²) in [7, 11) is -3.90. The molecule has 0 atom stereocenters. The molecule has 0 spiro atoms. The zero-order chi connectivity index (χ0) is 12.2. The van der Waals surface area contributed by atoms with Gasteiger partial charge in [-0.15, -0.1) is 0 Å². The molecule has 0 aliphatic carbocycles. The second kappa shape index (κ2) is 5.32. The van der Waals surface area contributed by atoms with Gasteiger partial charge in [0.25, 0.3) is 10.1 Å². The van der Waals surface area contributed by atoms with E-state index in [0.29, 0.717) is 6.54 Å². The Hall–Kier alpha value is -1.07. The van der Waals surface area contributed by atoms with Crippen molar-refractivity contribution in [2.45, 2.75) is 19.9 Å². The van der Waals surface area contributed by atoms with E-state index < -0.39 is 10.1 Å². The van der Waals surface area contributed by atoms with E-state index in [-0.39, 0.29) is 11.8 Å². The van der Waals surface area contributed by atoms with Gasteiger partial charge in [0.15, 0.2) is 0 Å². The van der Waals surface area contributed by atoms with Crippen molar-refractivity contribution < 1.29 is 13.0 Å². The van der Waals surface area contributed by atoms with Crippen LogP contribution in [0.1, 0.15) is 13.8 Å². The van der Waals surface area contributed by atoms with Crippen LogP contribution in [0.4, 0.5) is 5.69 Å². The smallest absolute Gasteiger partial charge is 0.266 e. The molecule has 0 unspecified atom stereocenters. The van der Waals surface area contributed by atoms with Crippen molar-refractivity contribution in [3.05, 3.63) is 30.3 Å². The van der Waals surface area contributed by atoms with E-state index in [4.69, 9.17) is 4.55 Å². The van der Waals surface area contributed by atoms with Crippen molar-refractivity contribution >= 4 is 15.8 Å². The van der Waals surface area contributed by atoms with Crippen molar-refractivity contribution in [3.63, 3.8) is 0 Å². The lowest BCUT2D eigenvalue weighted by Gasteiger charge is -2.28. The van der Waals surface area contributed by atoms with Gasteiger partial charge in [0, 0.05) is 18.3 Å². The Kier molecular flexibility index (Phi) is 4.32. The summed E-state index contributed by atoms with van der Waals surface area (Å²) in [5.41, 5.74) is 0.959. The SMILES string of the molecule is CC(C)N(CCS(=O)(=O)O)c1ccccc1. The van der Waals surface area contributed by atoms with Crippen LogP contribution in [0, 0.1) is 0 Å². The predicted molar refractivity (Wildman–Crippen MR) is 65.3 cm³/mol. The second-order valence-electron chi connectivity index (χ2n) is 3.91. The van der Waals surface area contributed by atoms with E-state index in [2.05, 4.69) is 0 Å². The van der Waals surface area contributed by atoms with Crippen molar-refractivity contribution in [1.82, 2.24) is 0 Å². The summed E-state index contributed by atoms with van der Waals surface area (Å²) in [4.78, 5) is 1.94. The molecule has 5 heteroatoms. The highest BCUT2D eigenvalue weighted by Gasteiger charge is 2.13. The number of anilines is 1. The molecule has 16 heavy (non-hydrogen) atoms. The van der Waals surface area contributed by atoms with Crippen LogP contribution in [0.5, 0.6) is 0 Å². The number of rotatable bonds is 5. The molecule has 0 saturated carbocycles. The fourth-order valence-electron chi connectivity index (χ4n) is 1.52. The van der Waals surface area contributed by atoms with Crippen LogP contribution >= 0.6 is 0 Å². The molecule has 1 N–H and O–H groups in total. The molecule has 0 amide bonds. The number of hydrogen-bond donors (Lipinski definition) is 1. The van der Waals surface area contributed by atoms with Gasteiger partial charge in [0.1, 0.15) is 0 Å². The molecular weight excluding hydrogens is 226 g/mol. The van der Waals surface area contributed by atoms with E-state index in [0.717, 1.165) is 5.69 Å². The standard InChI is InChI=1S/C11H17NO3S/c1-10(2)12(8-9-16(13,14)15)11-6-4-3-5-7-11/h3-7,10H,8-9H2,1-2H3,(H,13,14,15). The Morgan fingerprint density at radius 2 is 1.81 bits per heavy atom. The molecule has 0 aliphatic rings. The third-order valence-corrected chi connectivity index (χ3v) is 3.00. The molecule has 1 aromatic rings. The van der Waals surface area contributed by atoms with Gasteiger partial charge in [-0.1, -0.05) is 18.2 Å². The molecule has 4 nitrogen and oxygen atoms in total. The van der Waals surface area contributed by atoms with Crippen LogP contribution in [-0.2, 0) is 10.1 Å². The first-order chi connectivity index (χ1) is 7.40. The van der Waals surface area contributed by atoms with Crippen LogP contribution in [0.2, 0.25) is 0 Å². The molecule has 1 aromatic carbocycles. The first-order valence-electron chi connectivity index (χ1n) is 5.17. The predicted octanol–water partition coefficient (Wildman–Crippen LogP) is 1.79. The van der Waals surface area contributed by atoms with Gasteiger partial charge < -0.3 is 4.90 Å². The lowest BCUT2D eigenvalue weighted by atomic mass is 10.2. The Balaban J connectivity index is 2.77. The van der Waals surface area contributed by atoms with Gasteiger partial charge in [-0.05, 0) is 26.0 Å². The van der Waals surface area contributed by atoms with Gasteiger partial charge in [-0.2, -0.15) is 8.42 Å². The Morgan fingerprint density at radius 3 is 2.25 bits per heavy atom. The second-order valence-corrected chi connectivity index (χ2v) is 5.48. The Bertz CT molecular complexity index is 414. The molecule has 0 aromatic heterocycles. The number of nitrogens with zero attached hydrogens (tertiary/aromatic N) is 1. The minimum Gasteiger partial charge on any atom is -0.368 e. The van der Waals surface area contributed by atoms with Crippen LogP contribution in [0.3, 0.4) is 0 Å². The maximum absolute atomic E-state index is 10.7. The van der Waals surface area contributed by atoms with Gasteiger partial charge in [-0.3, -0.25) is 4.55 Å². The quantitative estimate of drug-likeness (QED) is 0.801. The molecule has 90 valence electrons. The highest BCUT2D eigenvalue weighted by molar-refractivity contribution is 7.85. The van der Waals surface area contributed by atoms with E-state index in [1.807, 2.05) is 49.1 Å². The lowest BCUT2D eigenvalue weighted by molar-refractivity contribution is 0.481.